The molecule has 0 amide bonds. The Balaban J connectivity index is 1.85. The van der Waals surface area contributed by atoms with E-state index in [1.54, 1.807) is 6.92 Å². The van der Waals surface area contributed by atoms with E-state index in [2.05, 4.69) is 10.1 Å². The quantitative estimate of drug-likeness (QED) is 0.760. The van der Waals surface area contributed by atoms with Crippen LogP contribution in [0, 0.1) is 18.6 Å². The van der Waals surface area contributed by atoms with Gasteiger partial charge in [-0.2, -0.15) is 0 Å². The molecule has 1 N–H and O–H groups in total. The van der Waals surface area contributed by atoms with Crippen LogP contribution in [0.3, 0.4) is 0 Å². The van der Waals surface area contributed by atoms with Crippen LogP contribution in [0.1, 0.15) is 21.7 Å². The van der Waals surface area contributed by atoms with Crippen LogP contribution in [0.15, 0.2) is 41.1 Å². The van der Waals surface area contributed by atoms with E-state index < -0.39 is 17.6 Å². The van der Waals surface area contributed by atoms with Crippen molar-refractivity contribution in [3.05, 3.63) is 65.1 Å². The van der Waals surface area contributed by atoms with E-state index in [1.807, 2.05) is 0 Å². The highest BCUT2D eigenvalue weighted by Gasteiger charge is 2.19. The molecule has 3 aromatic rings. The molecule has 0 saturated heterocycles. The number of aromatic carboxylic acids is 1. The van der Waals surface area contributed by atoms with Gasteiger partial charge in [0, 0.05) is 17.8 Å². The summed E-state index contributed by atoms with van der Waals surface area (Å²) >= 11 is 0. The summed E-state index contributed by atoms with van der Waals surface area (Å²) in [5.74, 6) is -1.77. The van der Waals surface area contributed by atoms with Gasteiger partial charge in [-0.05, 0) is 31.2 Å². The molecule has 6 nitrogen and oxygen atoms in total. The fraction of sp³-hybridized carbons (Fsp3) is 0.118. The Morgan fingerprint density at radius 1 is 1.28 bits per heavy atom. The number of aryl methyl sites for hydroxylation is 1. The summed E-state index contributed by atoms with van der Waals surface area (Å²) in [5.41, 5.74) is 0.561. The lowest BCUT2D eigenvalue weighted by molar-refractivity contribution is 0.0696. The largest absolute Gasteiger partial charge is 0.478 e. The Bertz CT molecular complexity index is 923. The van der Waals surface area contributed by atoms with E-state index in [4.69, 9.17) is 14.4 Å². The summed E-state index contributed by atoms with van der Waals surface area (Å²) in [5, 5.41) is 12.6. The van der Waals surface area contributed by atoms with Gasteiger partial charge in [0.1, 0.15) is 29.7 Å². The van der Waals surface area contributed by atoms with Crippen LogP contribution in [0.5, 0.6) is 5.88 Å². The first kappa shape index (κ1) is 16.6. The van der Waals surface area contributed by atoms with Crippen LogP contribution in [-0.4, -0.2) is 21.2 Å². The molecule has 2 heterocycles. The van der Waals surface area contributed by atoms with Crippen molar-refractivity contribution in [2.45, 2.75) is 13.5 Å². The summed E-state index contributed by atoms with van der Waals surface area (Å²) in [6.45, 7) is 1.56. The molecule has 128 valence electrons. The topological polar surface area (TPSA) is 85.5 Å². The fourth-order valence-corrected chi connectivity index (χ4v) is 2.19. The van der Waals surface area contributed by atoms with Crippen molar-refractivity contribution in [3.8, 4) is 17.1 Å². The van der Waals surface area contributed by atoms with Gasteiger partial charge in [0.25, 0.3) is 0 Å². The Morgan fingerprint density at radius 3 is 2.76 bits per heavy atom. The van der Waals surface area contributed by atoms with Gasteiger partial charge in [-0.1, -0.05) is 5.16 Å². The van der Waals surface area contributed by atoms with Crippen molar-refractivity contribution in [1.29, 1.82) is 0 Å². The van der Waals surface area contributed by atoms with Crippen LogP contribution >= 0.6 is 0 Å². The zero-order chi connectivity index (χ0) is 18.0. The minimum absolute atomic E-state index is 0.0241. The lowest BCUT2D eigenvalue weighted by Crippen LogP contribution is -2.02. The lowest BCUT2D eigenvalue weighted by Gasteiger charge is -2.07. The molecule has 0 unspecified atom stereocenters. The number of halogens is 2. The molecule has 1 aromatic carbocycles. The molecule has 25 heavy (non-hydrogen) atoms. The molecule has 8 heteroatoms. The summed E-state index contributed by atoms with van der Waals surface area (Å²) in [7, 11) is 0. The molecule has 0 radical (unpaired) electrons. The number of rotatable bonds is 5. The molecule has 3 rings (SSSR count). The number of carboxylic acids is 1. The third-order valence-electron chi connectivity index (χ3n) is 3.52. The molecule has 0 spiro atoms. The summed E-state index contributed by atoms with van der Waals surface area (Å²) < 4.78 is 37.9. The number of pyridine rings is 1. The second-order valence-electron chi connectivity index (χ2n) is 5.17. The normalized spacial score (nSPS) is 10.7. The molecule has 0 aliphatic heterocycles. The minimum Gasteiger partial charge on any atom is -0.478 e. The molecule has 0 aliphatic rings. The molecular weight excluding hydrogens is 334 g/mol. The number of hydrogen-bond donors (Lipinski definition) is 1. The highest BCUT2D eigenvalue weighted by atomic mass is 19.1. The standard InChI is InChI=1S/C17H12F2N2O4/c1-9-13(8-24-15-5-2-10(7-20-15)17(22)23)16(21-25-9)12-6-11(18)3-4-14(12)19/h2-7H,8H2,1H3,(H,22,23). The highest BCUT2D eigenvalue weighted by molar-refractivity contribution is 5.87. The van der Waals surface area contributed by atoms with Crippen molar-refractivity contribution in [1.82, 2.24) is 10.1 Å². The van der Waals surface area contributed by atoms with E-state index in [0.717, 1.165) is 24.4 Å². The van der Waals surface area contributed by atoms with Gasteiger partial charge >= 0.3 is 5.97 Å². The SMILES string of the molecule is Cc1onc(-c2cc(F)ccc2F)c1COc1ccc(C(=O)O)cn1. The Hall–Kier alpha value is -3.29. The number of benzene rings is 1. The first-order chi connectivity index (χ1) is 12.0. The van der Waals surface area contributed by atoms with Crippen LogP contribution in [0.2, 0.25) is 0 Å². The second-order valence-corrected chi connectivity index (χ2v) is 5.17. The van der Waals surface area contributed by atoms with Crippen LogP contribution in [0.4, 0.5) is 8.78 Å². The monoisotopic (exact) mass is 346 g/mol. The van der Waals surface area contributed by atoms with E-state index in [9.17, 15) is 13.6 Å². The van der Waals surface area contributed by atoms with Crippen molar-refractivity contribution in [3.63, 3.8) is 0 Å². The van der Waals surface area contributed by atoms with Crippen molar-refractivity contribution >= 4 is 5.97 Å². The van der Waals surface area contributed by atoms with Gasteiger partial charge in [0.2, 0.25) is 5.88 Å². The first-order valence-corrected chi connectivity index (χ1v) is 7.18. The molecule has 0 aliphatic carbocycles. The van der Waals surface area contributed by atoms with Gasteiger partial charge in [-0.25, -0.2) is 18.6 Å². The van der Waals surface area contributed by atoms with E-state index >= 15 is 0 Å². The molecule has 0 fully saturated rings. The lowest BCUT2D eigenvalue weighted by atomic mass is 10.1. The maximum atomic E-state index is 14.0. The minimum atomic E-state index is -1.10. The summed E-state index contributed by atoms with van der Waals surface area (Å²) in [4.78, 5) is 14.7. The van der Waals surface area contributed by atoms with Gasteiger partial charge in [0.15, 0.2) is 0 Å². The van der Waals surface area contributed by atoms with E-state index in [1.165, 1.54) is 12.1 Å². The summed E-state index contributed by atoms with van der Waals surface area (Å²) in [6.07, 6.45) is 1.16. The third kappa shape index (κ3) is 3.47. The van der Waals surface area contributed by atoms with Crippen molar-refractivity contribution < 1.29 is 27.9 Å². The second kappa shape index (κ2) is 6.68. The Kier molecular flexibility index (Phi) is 4.42. The number of ether oxygens (including phenoxy) is 1. The van der Waals surface area contributed by atoms with E-state index in [-0.39, 0.29) is 29.3 Å². The number of aromatic nitrogens is 2. The molecule has 2 aromatic heterocycles. The van der Waals surface area contributed by atoms with Crippen molar-refractivity contribution in [2.75, 3.05) is 0 Å². The first-order valence-electron chi connectivity index (χ1n) is 7.18. The average molecular weight is 346 g/mol. The number of carboxylic acid groups (broad SMARTS) is 1. The maximum Gasteiger partial charge on any atom is 0.337 e. The number of nitrogens with zero attached hydrogens (tertiary/aromatic N) is 2. The zero-order valence-electron chi connectivity index (χ0n) is 13.0. The van der Waals surface area contributed by atoms with Gasteiger partial charge < -0.3 is 14.4 Å². The number of hydrogen-bond acceptors (Lipinski definition) is 5. The van der Waals surface area contributed by atoms with Crippen LogP contribution < -0.4 is 4.74 Å². The smallest absolute Gasteiger partial charge is 0.337 e. The maximum absolute atomic E-state index is 14.0. The summed E-state index contributed by atoms with van der Waals surface area (Å²) in [6, 6.07) is 5.78. The fourth-order valence-electron chi connectivity index (χ4n) is 2.19. The predicted molar refractivity (Wildman–Crippen MR) is 82.1 cm³/mol. The predicted octanol–water partition coefficient (Wildman–Crippen LogP) is 3.60. The Morgan fingerprint density at radius 2 is 2.08 bits per heavy atom. The Labute approximate surface area is 140 Å². The molecule has 0 bridgehead atoms. The zero-order valence-corrected chi connectivity index (χ0v) is 13.0. The highest BCUT2D eigenvalue weighted by Crippen LogP contribution is 2.29. The van der Waals surface area contributed by atoms with Crippen LogP contribution in [-0.2, 0) is 6.61 Å². The van der Waals surface area contributed by atoms with Crippen LogP contribution in [0.25, 0.3) is 11.3 Å². The molecule has 0 atom stereocenters. The van der Waals surface area contributed by atoms with Gasteiger partial charge in [0.05, 0.1) is 11.1 Å². The van der Waals surface area contributed by atoms with E-state index in [0.29, 0.717) is 11.3 Å². The van der Waals surface area contributed by atoms with Crippen molar-refractivity contribution in [2.24, 2.45) is 0 Å². The number of carbonyl (C=O) groups is 1. The average Bonchev–Trinajstić information content (AvgIpc) is 2.96. The third-order valence-corrected chi connectivity index (χ3v) is 3.52. The molecular formula is C17H12F2N2O4. The van der Waals surface area contributed by atoms with Gasteiger partial charge in [-0.3, -0.25) is 0 Å². The van der Waals surface area contributed by atoms with Gasteiger partial charge in [-0.15, -0.1) is 0 Å². The molecule has 0 saturated carbocycles.